The minimum Gasteiger partial charge on any atom is -0.444 e. The third-order valence-corrected chi connectivity index (χ3v) is 4.50. The van der Waals surface area contributed by atoms with Gasteiger partial charge in [0.15, 0.2) is 0 Å². The van der Waals surface area contributed by atoms with Gasteiger partial charge in [-0.1, -0.05) is 0 Å². The number of hydrogen-bond donors (Lipinski definition) is 1. The van der Waals surface area contributed by atoms with Gasteiger partial charge in [-0.2, -0.15) is 5.26 Å². The number of pyridine rings is 1. The van der Waals surface area contributed by atoms with Crippen LogP contribution >= 0.6 is 0 Å². The van der Waals surface area contributed by atoms with Crippen molar-refractivity contribution in [3.05, 3.63) is 24.8 Å². The molecule has 1 unspecified atom stereocenters. The third kappa shape index (κ3) is 2.75. The predicted octanol–water partition coefficient (Wildman–Crippen LogP) is 1.68. The summed E-state index contributed by atoms with van der Waals surface area (Å²) in [6.45, 7) is 1.27. The van der Waals surface area contributed by atoms with Crippen LogP contribution in [0.4, 0.5) is 10.6 Å². The van der Waals surface area contributed by atoms with Crippen molar-refractivity contribution in [2.45, 2.75) is 12.5 Å². The van der Waals surface area contributed by atoms with Gasteiger partial charge in [0, 0.05) is 31.6 Å². The van der Waals surface area contributed by atoms with E-state index < -0.39 is 6.09 Å². The number of anilines is 1. The number of ether oxygens (including phenoxy) is 1. The zero-order chi connectivity index (χ0) is 18.1. The van der Waals surface area contributed by atoms with Crippen LogP contribution < -0.4 is 4.90 Å². The third-order valence-electron chi connectivity index (χ3n) is 4.50. The Kier molecular flexibility index (Phi) is 4.01. The van der Waals surface area contributed by atoms with Crippen LogP contribution in [-0.4, -0.2) is 63.7 Å². The Labute approximate surface area is 149 Å². The summed E-state index contributed by atoms with van der Waals surface area (Å²) in [6, 6.07) is 3.89. The van der Waals surface area contributed by atoms with Gasteiger partial charge in [0.2, 0.25) is 0 Å². The van der Waals surface area contributed by atoms with Crippen molar-refractivity contribution >= 4 is 33.8 Å². The fraction of sp³-hybridized carbons (Fsp3) is 0.353. The van der Waals surface area contributed by atoms with Crippen molar-refractivity contribution in [3.63, 3.8) is 0 Å². The molecule has 0 spiro atoms. The number of aromatic nitrogens is 4. The second-order valence-corrected chi connectivity index (χ2v) is 6.21. The van der Waals surface area contributed by atoms with E-state index in [1.807, 2.05) is 18.3 Å². The minimum atomic E-state index is -0.483. The van der Waals surface area contributed by atoms with E-state index in [2.05, 4.69) is 24.8 Å². The van der Waals surface area contributed by atoms with Gasteiger partial charge in [0.05, 0.1) is 29.7 Å². The zero-order valence-corrected chi connectivity index (χ0v) is 14.2. The summed E-state index contributed by atoms with van der Waals surface area (Å²) in [5.41, 5.74) is 1.56. The lowest BCUT2D eigenvalue weighted by atomic mass is 10.2. The molecule has 1 aliphatic rings. The van der Waals surface area contributed by atoms with E-state index in [-0.39, 0.29) is 12.6 Å². The number of hydrogen-bond acceptors (Lipinski definition) is 7. The summed E-state index contributed by atoms with van der Waals surface area (Å²) in [4.78, 5) is 31.6. The number of carbonyl (C=O) groups is 1. The van der Waals surface area contributed by atoms with Crippen molar-refractivity contribution in [1.82, 2.24) is 24.8 Å². The van der Waals surface area contributed by atoms with Crippen LogP contribution in [0.15, 0.2) is 24.8 Å². The van der Waals surface area contributed by atoms with Gasteiger partial charge >= 0.3 is 6.09 Å². The molecule has 1 N–H and O–H groups in total. The van der Waals surface area contributed by atoms with E-state index in [9.17, 15) is 4.79 Å². The van der Waals surface area contributed by atoms with E-state index in [4.69, 9.17) is 10.00 Å². The highest BCUT2D eigenvalue weighted by Crippen LogP contribution is 2.31. The quantitative estimate of drug-likeness (QED) is 0.715. The summed E-state index contributed by atoms with van der Waals surface area (Å²) in [5.74, 6) is 0.811. The van der Waals surface area contributed by atoms with Gasteiger partial charge in [-0.15, -0.1) is 0 Å². The average Bonchev–Trinajstić information content (AvgIpc) is 3.30. The van der Waals surface area contributed by atoms with E-state index in [0.717, 1.165) is 34.3 Å². The lowest BCUT2D eigenvalue weighted by molar-refractivity contribution is 0.0810. The van der Waals surface area contributed by atoms with Crippen LogP contribution in [0, 0.1) is 11.3 Å². The first-order chi connectivity index (χ1) is 12.7. The lowest BCUT2D eigenvalue weighted by Crippen LogP contribution is -2.33. The number of rotatable bonds is 3. The maximum absolute atomic E-state index is 12.0. The minimum absolute atomic E-state index is 0.00425. The van der Waals surface area contributed by atoms with Gasteiger partial charge < -0.3 is 14.6 Å². The van der Waals surface area contributed by atoms with Crippen molar-refractivity contribution in [2.75, 3.05) is 31.6 Å². The Bertz CT molecular complexity index is 1010. The molecule has 0 saturated carbocycles. The summed E-state index contributed by atoms with van der Waals surface area (Å²) in [7, 11) is 1.55. The predicted molar refractivity (Wildman–Crippen MR) is 94.5 cm³/mol. The molecule has 3 aromatic heterocycles. The van der Waals surface area contributed by atoms with Crippen molar-refractivity contribution in [3.8, 4) is 6.07 Å². The normalized spacial score (nSPS) is 16.8. The molecule has 3 aromatic rings. The number of carbonyl (C=O) groups excluding carboxylic acids is 1. The molecule has 4 rings (SSSR count). The number of nitriles is 1. The van der Waals surface area contributed by atoms with Gasteiger partial charge in [0.25, 0.3) is 0 Å². The summed E-state index contributed by atoms with van der Waals surface area (Å²) in [5, 5.41) is 10.6. The number of nitrogens with one attached hydrogen (secondary N) is 1. The molecule has 1 saturated heterocycles. The Morgan fingerprint density at radius 2 is 2.38 bits per heavy atom. The largest absolute Gasteiger partial charge is 0.444 e. The Morgan fingerprint density at radius 3 is 3.23 bits per heavy atom. The van der Waals surface area contributed by atoms with Crippen LogP contribution in [0.5, 0.6) is 0 Å². The van der Waals surface area contributed by atoms with E-state index in [1.165, 1.54) is 11.2 Å². The molecule has 0 bridgehead atoms. The molecular formula is C17H17N7O2. The number of aromatic amines is 1. The Balaban J connectivity index is 1.59. The molecule has 0 radical (unpaired) electrons. The van der Waals surface area contributed by atoms with E-state index >= 15 is 0 Å². The van der Waals surface area contributed by atoms with Crippen molar-refractivity contribution < 1.29 is 9.53 Å². The van der Waals surface area contributed by atoms with Crippen LogP contribution in [0.2, 0.25) is 0 Å². The molecule has 1 atom stereocenters. The molecule has 132 valence electrons. The monoisotopic (exact) mass is 351 g/mol. The van der Waals surface area contributed by atoms with Gasteiger partial charge in [0.1, 0.15) is 30.4 Å². The highest BCUT2D eigenvalue weighted by atomic mass is 16.6. The molecule has 26 heavy (non-hydrogen) atoms. The average molecular weight is 351 g/mol. The maximum Gasteiger partial charge on any atom is 0.410 e. The summed E-state index contributed by atoms with van der Waals surface area (Å²) >= 11 is 0. The molecule has 1 amide bonds. The summed E-state index contributed by atoms with van der Waals surface area (Å²) < 4.78 is 5.49. The fourth-order valence-corrected chi connectivity index (χ4v) is 3.20. The molecule has 1 aliphatic heterocycles. The first-order valence-corrected chi connectivity index (χ1v) is 8.28. The van der Waals surface area contributed by atoms with Crippen molar-refractivity contribution in [2.24, 2.45) is 0 Å². The van der Waals surface area contributed by atoms with Crippen LogP contribution in [-0.2, 0) is 4.74 Å². The number of nitrogens with zero attached hydrogens (tertiary/aromatic N) is 6. The van der Waals surface area contributed by atoms with Gasteiger partial charge in [-0.25, -0.2) is 19.7 Å². The van der Waals surface area contributed by atoms with E-state index in [0.29, 0.717) is 13.0 Å². The smallest absolute Gasteiger partial charge is 0.410 e. The molecule has 9 heteroatoms. The maximum atomic E-state index is 12.0. The topological polar surface area (TPSA) is 111 Å². The highest BCUT2D eigenvalue weighted by molar-refractivity contribution is 6.08. The van der Waals surface area contributed by atoms with Crippen LogP contribution in [0.25, 0.3) is 21.9 Å². The summed E-state index contributed by atoms with van der Waals surface area (Å²) in [6.07, 6.45) is 5.08. The highest BCUT2D eigenvalue weighted by Gasteiger charge is 2.29. The standard InChI is InChI=1S/C17H17N7O2/c1-23(7-4-18)17(25)26-11-3-6-24(9-11)16-14-12-2-5-19-15(12)20-8-13(14)21-10-22-16/h2,5,8,10-11H,3,6-7,9H2,1H3,(H,19,20). The Morgan fingerprint density at radius 1 is 1.50 bits per heavy atom. The Hall–Kier alpha value is -3.41. The van der Waals surface area contributed by atoms with Crippen LogP contribution in [0.3, 0.4) is 0 Å². The first kappa shape index (κ1) is 16.1. The number of fused-ring (bicyclic) bond motifs is 3. The SMILES string of the molecule is CN(CC#N)C(=O)OC1CCN(c2ncnc3cnc4[nH]ccc4c23)C1. The molecule has 1 fully saturated rings. The zero-order valence-electron chi connectivity index (χ0n) is 14.2. The fourth-order valence-electron chi connectivity index (χ4n) is 3.20. The molecular weight excluding hydrogens is 334 g/mol. The first-order valence-electron chi connectivity index (χ1n) is 8.28. The van der Waals surface area contributed by atoms with Crippen molar-refractivity contribution in [1.29, 1.82) is 5.26 Å². The molecule has 0 aromatic carbocycles. The number of H-pyrrole nitrogens is 1. The molecule has 9 nitrogen and oxygen atoms in total. The number of amides is 1. The second kappa shape index (κ2) is 6.48. The second-order valence-electron chi connectivity index (χ2n) is 6.21. The lowest BCUT2D eigenvalue weighted by Gasteiger charge is -2.20. The van der Waals surface area contributed by atoms with Gasteiger partial charge in [-0.3, -0.25) is 4.90 Å². The van der Waals surface area contributed by atoms with Gasteiger partial charge in [-0.05, 0) is 6.07 Å². The molecule has 4 heterocycles. The van der Waals surface area contributed by atoms with Crippen LogP contribution in [0.1, 0.15) is 6.42 Å². The molecule has 0 aliphatic carbocycles. The van der Waals surface area contributed by atoms with E-state index in [1.54, 1.807) is 13.2 Å².